The van der Waals surface area contributed by atoms with Gasteiger partial charge < -0.3 is 15.0 Å². The lowest BCUT2D eigenvalue weighted by molar-refractivity contribution is 0.0821. The van der Waals surface area contributed by atoms with Crippen LogP contribution < -0.4 is 10.2 Å². The van der Waals surface area contributed by atoms with E-state index in [1.54, 1.807) is 0 Å². The molecular formula is C15H24N2O. The van der Waals surface area contributed by atoms with Crippen molar-refractivity contribution in [2.45, 2.75) is 32.9 Å². The van der Waals surface area contributed by atoms with Crippen molar-refractivity contribution in [2.75, 3.05) is 31.6 Å². The Labute approximate surface area is 110 Å². The van der Waals surface area contributed by atoms with Crippen LogP contribution in [0.1, 0.15) is 24.5 Å². The van der Waals surface area contributed by atoms with Crippen LogP contribution in [-0.4, -0.2) is 32.8 Å². The molecule has 0 saturated carbocycles. The maximum atomic E-state index is 5.70. The smallest absolute Gasteiger partial charge is 0.0721 e. The topological polar surface area (TPSA) is 24.5 Å². The number of aryl methyl sites for hydroxylation is 1. The van der Waals surface area contributed by atoms with E-state index in [1.165, 1.54) is 16.8 Å². The molecule has 1 aromatic rings. The van der Waals surface area contributed by atoms with Gasteiger partial charge in [-0.3, -0.25) is 0 Å². The van der Waals surface area contributed by atoms with Crippen LogP contribution in [0.25, 0.3) is 0 Å². The SMILES string of the molecule is CNCc1ccc(N2CCCOC(C)C2)cc1C. The van der Waals surface area contributed by atoms with E-state index in [0.29, 0.717) is 6.10 Å². The number of benzene rings is 1. The van der Waals surface area contributed by atoms with Gasteiger partial charge in [-0.15, -0.1) is 0 Å². The van der Waals surface area contributed by atoms with Gasteiger partial charge >= 0.3 is 0 Å². The van der Waals surface area contributed by atoms with Gasteiger partial charge in [-0.25, -0.2) is 0 Å². The summed E-state index contributed by atoms with van der Waals surface area (Å²) in [5.41, 5.74) is 4.06. The first-order valence-electron chi connectivity index (χ1n) is 6.81. The Morgan fingerprint density at radius 1 is 1.44 bits per heavy atom. The zero-order chi connectivity index (χ0) is 13.0. The van der Waals surface area contributed by atoms with Crippen molar-refractivity contribution in [2.24, 2.45) is 0 Å². The fraction of sp³-hybridized carbons (Fsp3) is 0.600. The quantitative estimate of drug-likeness (QED) is 0.888. The van der Waals surface area contributed by atoms with Crippen molar-refractivity contribution in [3.8, 4) is 0 Å². The van der Waals surface area contributed by atoms with E-state index >= 15 is 0 Å². The molecule has 1 unspecified atom stereocenters. The normalized spacial score (nSPS) is 20.8. The number of nitrogens with one attached hydrogen (secondary N) is 1. The Bertz CT molecular complexity index is 392. The number of hydrogen-bond acceptors (Lipinski definition) is 3. The predicted octanol–water partition coefficient (Wildman–Crippen LogP) is 2.33. The minimum atomic E-state index is 0.324. The molecule has 1 N–H and O–H groups in total. The molecule has 3 heteroatoms. The molecule has 0 aliphatic carbocycles. The predicted molar refractivity (Wildman–Crippen MR) is 76.2 cm³/mol. The number of ether oxygens (including phenoxy) is 1. The van der Waals surface area contributed by atoms with Crippen molar-refractivity contribution >= 4 is 5.69 Å². The van der Waals surface area contributed by atoms with Crippen LogP contribution in [0.4, 0.5) is 5.69 Å². The highest BCUT2D eigenvalue weighted by Gasteiger charge is 2.15. The van der Waals surface area contributed by atoms with Gasteiger partial charge in [0.15, 0.2) is 0 Å². The number of rotatable bonds is 3. The lowest BCUT2D eigenvalue weighted by atomic mass is 10.1. The number of hydrogen-bond donors (Lipinski definition) is 1. The minimum Gasteiger partial charge on any atom is -0.377 e. The maximum Gasteiger partial charge on any atom is 0.0721 e. The molecule has 0 radical (unpaired) electrons. The third-order valence-corrected chi connectivity index (χ3v) is 3.51. The van der Waals surface area contributed by atoms with Gasteiger partial charge in [0.05, 0.1) is 6.10 Å². The molecule has 1 heterocycles. The lowest BCUT2D eigenvalue weighted by Crippen LogP contribution is -2.30. The summed E-state index contributed by atoms with van der Waals surface area (Å²) < 4.78 is 5.70. The second-order valence-corrected chi connectivity index (χ2v) is 5.12. The van der Waals surface area contributed by atoms with Crippen molar-refractivity contribution < 1.29 is 4.74 Å². The first-order chi connectivity index (χ1) is 8.70. The molecule has 1 fully saturated rings. The maximum absolute atomic E-state index is 5.70. The van der Waals surface area contributed by atoms with E-state index in [4.69, 9.17) is 4.74 Å². The van der Waals surface area contributed by atoms with E-state index in [9.17, 15) is 0 Å². The molecule has 0 spiro atoms. The van der Waals surface area contributed by atoms with Crippen LogP contribution >= 0.6 is 0 Å². The second-order valence-electron chi connectivity index (χ2n) is 5.12. The Morgan fingerprint density at radius 3 is 3.00 bits per heavy atom. The van der Waals surface area contributed by atoms with E-state index < -0.39 is 0 Å². The van der Waals surface area contributed by atoms with Crippen molar-refractivity contribution in [3.05, 3.63) is 29.3 Å². The zero-order valence-electron chi connectivity index (χ0n) is 11.7. The van der Waals surface area contributed by atoms with Crippen molar-refractivity contribution in [3.63, 3.8) is 0 Å². The average molecular weight is 248 g/mol. The molecule has 1 atom stereocenters. The molecule has 2 rings (SSSR count). The van der Waals surface area contributed by atoms with Crippen LogP contribution in [0, 0.1) is 6.92 Å². The van der Waals surface area contributed by atoms with Crippen molar-refractivity contribution in [1.29, 1.82) is 0 Å². The Balaban J connectivity index is 2.14. The molecule has 3 nitrogen and oxygen atoms in total. The fourth-order valence-electron chi connectivity index (χ4n) is 2.49. The van der Waals surface area contributed by atoms with Gasteiger partial charge in [0.1, 0.15) is 0 Å². The molecule has 1 aliphatic heterocycles. The van der Waals surface area contributed by atoms with Crippen LogP contribution in [0.3, 0.4) is 0 Å². The Hall–Kier alpha value is -1.06. The molecule has 0 amide bonds. The van der Waals surface area contributed by atoms with Crippen LogP contribution in [-0.2, 0) is 11.3 Å². The highest BCUT2D eigenvalue weighted by Crippen LogP contribution is 2.21. The molecule has 1 saturated heterocycles. The fourth-order valence-corrected chi connectivity index (χ4v) is 2.49. The second kappa shape index (κ2) is 6.21. The van der Waals surface area contributed by atoms with E-state index in [-0.39, 0.29) is 0 Å². The van der Waals surface area contributed by atoms with Gasteiger partial charge in [0.25, 0.3) is 0 Å². The largest absolute Gasteiger partial charge is 0.377 e. The highest BCUT2D eigenvalue weighted by atomic mass is 16.5. The summed E-state index contributed by atoms with van der Waals surface area (Å²) in [6, 6.07) is 6.76. The van der Waals surface area contributed by atoms with Crippen LogP contribution in [0.5, 0.6) is 0 Å². The third-order valence-electron chi connectivity index (χ3n) is 3.51. The molecule has 0 aromatic heterocycles. The van der Waals surface area contributed by atoms with Gasteiger partial charge in [-0.05, 0) is 50.6 Å². The first-order valence-corrected chi connectivity index (χ1v) is 6.81. The number of nitrogens with zero attached hydrogens (tertiary/aromatic N) is 1. The standard InChI is InChI=1S/C15H24N2O/c1-12-9-15(6-5-14(12)10-16-3)17-7-4-8-18-13(2)11-17/h5-6,9,13,16H,4,7-8,10-11H2,1-3H3. The highest BCUT2D eigenvalue weighted by molar-refractivity contribution is 5.51. The minimum absolute atomic E-state index is 0.324. The Kier molecular flexibility index (Phi) is 4.61. The zero-order valence-corrected chi connectivity index (χ0v) is 11.7. The average Bonchev–Trinajstić information content (AvgIpc) is 2.57. The van der Waals surface area contributed by atoms with E-state index in [1.807, 2.05) is 7.05 Å². The van der Waals surface area contributed by atoms with E-state index in [2.05, 4.69) is 42.3 Å². The summed E-state index contributed by atoms with van der Waals surface area (Å²) in [6.45, 7) is 8.24. The van der Waals surface area contributed by atoms with Crippen LogP contribution in [0.2, 0.25) is 0 Å². The summed E-state index contributed by atoms with van der Waals surface area (Å²) in [6.07, 6.45) is 1.44. The summed E-state index contributed by atoms with van der Waals surface area (Å²) in [7, 11) is 1.99. The van der Waals surface area contributed by atoms with Crippen molar-refractivity contribution in [1.82, 2.24) is 5.32 Å². The molecule has 100 valence electrons. The summed E-state index contributed by atoms with van der Waals surface area (Å²) >= 11 is 0. The van der Waals surface area contributed by atoms with Crippen LogP contribution in [0.15, 0.2) is 18.2 Å². The molecule has 1 aliphatic rings. The third kappa shape index (κ3) is 3.24. The lowest BCUT2D eigenvalue weighted by Gasteiger charge is -2.25. The van der Waals surface area contributed by atoms with Gasteiger partial charge in [0, 0.05) is 31.9 Å². The summed E-state index contributed by atoms with van der Waals surface area (Å²) in [4.78, 5) is 2.44. The summed E-state index contributed by atoms with van der Waals surface area (Å²) in [5.74, 6) is 0. The molecule has 0 bridgehead atoms. The molecule has 18 heavy (non-hydrogen) atoms. The van der Waals surface area contributed by atoms with E-state index in [0.717, 1.165) is 32.7 Å². The Morgan fingerprint density at radius 2 is 2.28 bits per heavy atom. The first kappa shape index (κ1) is 13.4. The molecular weight excluding hydrogens is 224 g/mol. The monoisotopic (exact) mass is 248 g/mol. The van der Waals surface area contributed by atoms with Gasteiger partial charge in [-0.1, -0.05) is 6.07 Å². The van der Waals surface area contributed by atoms with Gasteiger partial charge in [0.2, 0.25) is 0 Å². The summed E-state index contributed by atoms with van der Waals surface area (Å²) in [5, 5.41) is 3.21. The van der Waals surface area contributed by atoms with Gasteiger partial charge in [-0.2, -0.15) is 0 Å². The number of anilines is 1. The molecule has 1 aromatic carbocycles.